The van der Waals surface area contributed by atoms with E-state index in [9.17, 15) is 9.59 Å². The van der Waals surface area contributed by atoms with E-state index >= 15 is 0 Å². The summed E-state index contributed by atoms with van der Waals surface area (Å²) in [6.07, 6.45) is 0. The smallest absolute Gasteiger partial charge is 0.282 e. The van der Waals surface area contributed by atoms with Crippen LogP contribution in [0.3, 0.4) is 0 Å². The average molecular weight is 341 g/mol. The van der Waals surface area contributed by atoms with Gasteiger partial charge in [0.25, 0.3) is 5.91 Å². The van der Waals surface area contributed by atoms with E-state index in [-0.39, 0.29) is 17.9 Å². The summed E-state index contributed by atoms with van der Waals surface area (Å²) in [7, 11) is 1.55. The summed E-state index contributed by atoms with van der Waals surface area (Å²) >= 11 is 6.07. The molecular formula is C16H23ClN3O3+. The molecule has 6 nitrogen and oxygen atoms in total. The number of ether oxygens (including phenoxy) is 1. The number of hydrogen-bond acceptors (Lipinski definition) is 3. The lowest BCUT2D eigenvalue weighted by Gasteiger charge is -2.34. The zero-order valence-corrected chi connectivity index (χ0v) is 14.4. The standard InChI is InChI=1S/C16H22ClN3O3/c1-11(19-6-8-20(9-7-19)12(2)21)16(22)18-13-4-5-15(23-3)14(17)10-13/h4-5,10-11H,6-9H2,1-3H3,(H,18,22)/p+1/t11-/m1/s1. The Morgan fingerprint density at radius 1 is 1.35 bits per heavy atom. The third-order valence-corrected chi connectivity index (χ3v) is 4.57. The Bertz CT molecular complexity index is 586. The van der Waals surface area contributed by atoms with Crippen molar-refractivity contribution in [2.24, 2.45) is 0 Å². The highest BCUT2D eigenvalue weighted by atomic mass is 35.5. The summed E-state index contributed by atoms with van der Waals surface area (Å²) in [4.78, 5) is 26.8. The van der Waals surface area contributed by atoms with Crippen molar-refractivity contribution in [3.63, 3.8) is 0 Å². The Morgan fingerprint density at radius 2 is 2.00 bits per heavy atom. The predicted octanol–water partition coefficient (Wildman–Crippen LogP) is 0.423. The minimum absolute atomic E-state index is 0.0579. The number of carbonyl (C=O) groups excluding carboxylic acids is 2. The number of nitrogens with zero attached hydrogens (tertiary/aromatic N) is 1. The van der Waals surface area contributed by atoms with Crippen molar-refractivity contribution in [1.29, 1.82) is 0 Å². The molecule has 1 aromatic carbocycles. The lowest BCUT2D eigenvalue weighted by atomic mass is 10.2. The minimum Gasteiger partial charge on any atom is -0.495 e. The number of carbonyl (C=O) groups is 2. The van der Waals surface area contributed by atoms with Crippen LogP contribution in [0.4, 0.5) is 5.69 Å². The van der Waals surface area contributed by atoms with Crippen LogP contribution in [0.2, 0.25) is 5.02 Å². The maximum absolute atomic E-state index is 12.4. The van der Waals surface area contributed by atoms with Gasteiger partial charge in [0.2, 0.25) is 5.91 Å². The molecule has 126 valence electrons. The van der Waals surface area contributed by atoms with Gasteiger partial charge in [-0.1, -0.05) is 11.6 Å². The number of benzene rings is 1. The Labute approximate surface area is 141 Å². The molecule has 1 saturated heterocycles. The predicted molar refractivity (Wildman–Crippen MR) is 89.0 cm³/mol. The summed E-state index contributed by atoms with van der Waals surface area (Å²) < 4.78 is 5.10. The van der Waals surface area contributed by atoms with Crippen molar-refractivity contribution in [1.82, 2.24) is 4.90 Å². The second-order valence-electron chi connectivity index (χ2n) is 5.72. The van der Waals surface area contributed by atoms with Crippen molar-refractivity contribution in [2.45, 2.75) is 19.9 Å². The van der Waals surface area contributed by atoms with Gasteiger partial charge in [-0.15, -0.1) is 0 Å². The molecule has 1 heterocycles. The molecule has 0 saturated carbocycles. The molecule has 1 aromatic rings. The number of nitrogens with one attached hydrogen (secondary N) is 2. The number of amides is 2. The largest absolute Gasteiger partial charge is 0.495 e. The first-order chi connectivity index (χ1) is 10.9. The van der Waals surface area contributed by atoms with Crippen LogP contribution < -0.4 is 15.0 Å². The van der Waals surface area contributed by atoms with Gasteiger partial charge in [0.05, 0.1) is 38.3 Å². The van der Waals surface area contributed by atoms with Crippen molar-refractivity contribution in [3.05, 3.63) is 23.2 Å². The molecule has 23 heavy (non-hydrogen) atoms. The monoisotopic (exact) mass is 340 g/mol. The molecular weight excluding hydrogens is 318 g/mol. The molecule has 0 aliphatic carbocycles. The van der Waals surface area contributed by atoms with E-state index in [0.29, 0.717) is 29.5 Å². The summed E-state index contributed by atoms with van der Waals surface area (Å²) in [6, 6.07) is 4.97. The Kier molecular flexibility index (Phi) is 5.85. The Hall–Kier alpha value is -1.79. The molecule has 1 fully saturated rings. The van der Waals surface area contributed by atoms with E-state index < -0.39 is 0 Å². The van der Waals surface area contributed by atoms with Crippen molar-refractivity contribution in [3.8, 4) is 5.75 Å². The van der Waals surface area contributed by atoms with Crippen LogP contribution in [-0.2, 0) is 9.59 Å². The molecule has 7 heteroatoms. The normalized spacial score (nSPS) is 16.8. The average Bonchev–Trinajstić information content (AvgIpc) is 2.54. The lowest BCUT2D eigenvalue weighted by molar-refractivity contribution is -0.917. The van der Waals surface area contributed by atoms with Gasteiger partial charge in [-0.05, 0) is 25.1 Å². The second kappa shape index (κ2) is 7.66. The van der Waals surface area contributed by atoms with Gasteiger partial charge in [-0.25, -0.2) is 0 Å². The van der Waals surface area contributed by atoms with E-state index in [0.717, 1.165) is 13.1 Å². The molecule has 0 radical (unpaired) electrons. The van der Waals surface area contributed by atoms with Gasteiger partial charge < -0.3 is 19.9 Å². The fraction of sp³-hybridized carbons (Fsp3) is 0.500. The van der Waals surface area contributed by atoms with E-state index in [2.05, 4.69) is 5.32 Å². The molecule has 0 unspecified atom stereocenters. The van der Waals surface area contributed by atoms with Crippen LogP contribution in [0.25, 0.3) is 0 Å². The fourth-order valence-corrected chi connectivity index (χ4v) is 2.98. The zero-order chi connectivity index (χ0) is 17.0. The zero-order valence-electron chi connectivity index (χ0n) is 13.7. The van der Waals surface area contributed by atoms with Crippen molar-refractivity contribution in [2.75, 3.05) is 38.6 Å². The Balaban J connectivity index is 1.93. The molecule has 0 aromatic heterocycles. The van der Waals surface area contributed by atoms with E-state index in [4.69, 9.17) is 16.3 Å². The molecule has 2 amide bonds. The maximum Gasteiger partial charge on any atom is 0.282 e. The molecule has 1 aliphatic rings. The molecule has 2 rings (SSSR count). The number of rotatable bonds is 4. The fourth-order valence-electron chi connectivity index (χ4n) is 2.72. The number of piperazine rings is 1. The summed E-state index contributed by atoms with van der Waals surface area (Å²) in [6.45, 7) is 6.41. The van der Waals surface area contributed by atoms with Crippen LogP contribution >= 0.6 is 11.6 Å². The van der Waals surface area contributed by atoms with E-state index in [1.54, 1.807) is 32.2 Å². The van der Waals surface area contributed by atoms with Gasteiger partial charge in [-0.2, -0.15) is 0 Å². The summed E-state index contributed by atoms with van der Waals surface area (Å²) in [5.41, 5.74) is 0.648. The third-order valence-electron chi connectivity index (χ3n) is 4.28. The summed E-state index contributed by atoms with van der Waals surface area (Å²) in [5, 5.41) is 3.34. The quantitative estimate of drug-likeness (QED) is 0.835. The first-order valence-electron chi connectivity index (χ1n) is 7.67. The highest BCUT2D eigenvalue weighted by Gasteiger charge is 2.29. The van der Waals surface area contributed by atoms with Crippen LogP contribution in [-0.4, -0.2) is 56.0 Å². The highest BCUT2D eigenvalue weighted by Crippen LogP contribution is 2.27. The van der Waals surface area contributed by atoms with E-state index in [1.165, 1.54) is 4.90 Å². The van der Waals surface area contributed by atoms with Crippen LogP contribution in [0.5, 0.6) is 5.75 Å². The number of halogens is 1. The first kappa shape index (κ1) is 17.6. The van der Waals surface area contributed by atoms with Gasteiger partial charge in [0, 0.05) is 12.6 Å². The van der Waals surface area contributed by atoms with Gasteiger partial charge in [0.1, 0.15) is 5.75 Å². The number of hydrogen-bond donors (Lipinski definition) is 2. The molecule has 0 bridgehead atoms. The number of methoxy groups -OCH3 is 1. The number of anilines is 1. The second-order valence-corrected chi connectivity index (χ2v) is 6.13. The van der Waals surface area contributed by atoms with Crippen molar-refractivity contribution >= 4 is 29.1 Å². The molecule has 0 spiro atoms. The molecule has 2 N–H and O–H groups in total. The first-order valence-corrected chi connectivity index (χ1v) is 8.04. The topological polar surface area (TPSA) is 63.1 Å². The summed E-state index contributed by atoms with van der Waals surface area (Å²) in [5.74, 6) is 0.607. The maximum atomic E-state index is 12.4. The Morgan fingerprint density at radius 3 is 2.52 bits per heavy atom. The van der Waals surface area contributed by atoms with Crippen LogP contribution in [0.1, 0.15) is 13.8 Å². The van der Waals surface area contributed by atoms with Gasteiger partial charge in [0.15, 0.2) is 6.04 Å². The minimum atomic E-state index is -0.190. The van der Waals surface area contributed by atoms with E-state index in [1.807, 2.05) is 11.8 Å². The molecule has 1 atom stereocenters. The lowest BCUT2D eigenvalue weighted by Crippen LogP contribution is -3.19. The van der Waals surface area contributed by atoms with Crippen LogP contribution in [0.15, 0.2) is 18.2 Å². The third kappa shape index (κ3) is 4.36. The molecule has 1 aliphatic heterocycles. The van der Waals surface area contributed by atoms with Crippen molar-refractivity contribution < 1.29 is 19.2 Å². The SMILES string of the molecule is COc1ccc(NC(=O)[C@@H](C)[NH+]2CCN(C(C)=O)CC2)cc1Cl. The van der Waals surface area contributed by atoms with Crippen LogP contribution in [0, 0.1) is 0 Å². The van der Waals surface area contributed by atoms with Gasteiger partial charge in [-0.3, -0.25) is 9.59 Å². The number of quaternary nitrogens is 1. The van der Waals surface area contributed by atoms with Gasteiger partial charge >= 0.3 is 0 Å². The highest BCUT2D eigenvalue weighted by molar-refractivity contribution is 6.32.